The number of piperidine rings is 1. The van der Waals surface area contributed by atoms with Crippen LogP contribution in [0.5, 0.6) is 0 Å². The quantitative estimate of drug-likeness (QED) is 0.627. The van der Waals surface area contributed by atoms with E-state index in [1.54, 1.807) is 28.6 Å². The normalized spacial score (nSPS) is 19.4. The topological polar surface area (TPSA) is 58.4 Å². The second-order valence-corrected chi connectivity index (χ2v) is 10.3. The summed E-state index contributed by atoms with van der Waals surface area (Å²) >= 11 is 0. The highest BCUT2D eigenvalue weighted by Gasteiger charge is 2.48. The molecule has 6 nitrogen and oxygen atoms in total. The summed E-state index contributed by atoms with van der Waals surface area (Å²) in [6.45, 7) is 5.97. The monoisotopic (exact) mass is 436 g/mol. The van der Waals surface area contributed by atoms with Crippen molar-refractivity contribution in [3.63, 3.8) is 0 Å². The Morgan fingerprint density at radius 2 is 1.55 bits per heavy atom. The third-order valence-corrected chi connectivity index (χ3v) is 8.77. The zero-order chi connectivity index (χ0) is 21.5. The van der Waals surface area contributed by atoms with Crippen LogP contribution in [0, 0.1) is 0 Å². The van der Waals surface area contributed by atoms with Gasteiger partial charge in [0.25, 0.3) is 0 Å². The van der Waals surface area contributed by atoms with Crippen LogP contribution in [-0.4, -0.2) is 53.4 Å². The Balaban J connectivity index is 1.47. The fraction of sp³-hybridized carbons (Fsp3) is 0.375. The summed E-state index contributed by atoms with van der Waals surface area (Å²) in [5.74, 6) is 1.08. The highest BCUT2D eigenvalue weighted by Crippen LogP contribution is 2.43. The maximum Gasteiger partial charge on any atom is 0.243 e. The Morgan fingerprint density at radius 3 is 2.19 bits per heavy atom. The van der Waals surface area contributed by atoms with Gasteiger partial charge in [0.05, 0.1) is 22.3 Å². The zero-order valence-electron chi connectivity index (χ0n) is 17.8. The van der Waals surface area contributed by atoms with Gasteiger partial charge in [-0.15, -0.1) is 0 Å². The van der Waals surface area contributed by atoms with Crippen LogP contribution in [0.15, 0.2) is 71.8 Å². The van der Waals surface area contributed by atoms with Gasteiger partial charge < -0.3 is 4.57 Å². The molecule has 7 heteroatoms. The molecule has 3 heterocycles. The molecule has 162 valence electrons. The van der Waals surface area contributed by atoms with Crippen LogP contribution in [0.2, 0.25) is 0 Å². The fourth-order valence-electron chi connectivity index (χ4n) is 5.23. The number of hydrogen-bond acceptors (Lipinski definition) is 4. The molecular weight excluding hydrogens is 408 g/mol. The first-order valence-corrected chi connectivity index (χ1v) is 12.4. The number of benzene rings is 2. The van der Waals surface area contributed by atoms with Gasteiger partial charge in [-0.05, 0) is 37.1 Å². The lowest BCUT2D eigenvalue weighted by atomic mass is 9.84. The minimum Gasteiger partial charge on any atom is -0.325 e. The van der Waals surface area contributed by atoms with Crippen molar-refractivity contribution in [2.45, 2.75) is 36.7 Å². The van der Waals surface area contributed by atoms with E-state index in [1.165, 1.54) is 5.56 Å². The van der Waals surface area contributed by atoms with E-state index in [0.29, 0.717) is 18.0 Å². The summed E-state index contributed by atoms with van der Waals surface area (Å²) in [7, 11) is -3.47. The Morgan fingerprint density at radius 1 is 0.903 bits per heavy atom. The summed E-state index contributed by atoms with van der Waals surface area (Å²) in [5, 5.41) is 0. The van der Waals surface area contributed by atoms with Gasteiger partial charge in [-0.1, -0.05) is 55.5 Å². The number of aromatic nitrogens is 2. The Hall–Kier alpha value is -2.48. The molecule has 0 N–H and O–H groups in total. The maximum atomic E-state index is 13.1. The molecule has 1 fully saturated rings. The summed E-state index contributed by atoms with van der Waals surface area (Å²) in [6.07, 6.45) is 3.48. The molecule has 0 bridgehead atoms. The van der Waals surface area contributed by atoms with Crippen LogP contribution in [0.3, 0.4) is 0 Å². The van der Waals surface area contributed by atoms with Gasteiger partial charge in [-0.3, -0.25) is 4.90 Å². The SMILES string of the molecule is CCN1CCn2c(-c3ccccc3)cnc2C12CCN(S(=O)(=O)c1ccccc1)CC2. The predicted molar refractivity (Wildman–Crippen MR) is 121 cm³/mol. The molecule has 5 rings (SSSR count). The highest BCUT2D eigenvalue weighted by molar-refractivity contribution is 7.89. The zero-order valence-corrected chi connectivity index (χ0v) is 18.6. The minimum absolute atomic E-state index is 0.220. The van der Waals surface area contributed by atoms with Gasteiger partial charge in [-0.25, -0.2) is 13.4 Å². The maximum absolute atomic E-state index is 13.1. The van der Waals surface area contributed by atoms with Crippen LogP contribution in [0.4, 0.5) is 0 Å². The standard InChI is InChI=1S/C24H28N4O2S/c1-2-26-17-18-28-22(20-9-5-3-6-10-20)19-25-23(28)24(26)13-15-27(16-14-24)31(29,30)21-11-7-4-8-12-21/h3-12,19H,2,13-18H2,1H3. The van der Waals surface area contributed by atoms with E-state index in [-0.39, 0.29) is 5.54 Å². The first-order chi connectivity index (χ1) is 15.1. The lowest BCUT2D eigenvalue weighted by molar-refractivity contribution is 0.0100. The molecule has 0 unspecified atom stereocenters. The summed E-state index contributed by atoms with van der Waals surface area (Å²) < 4.78 is 30.3. The second kappa shape index (κ2) is 7.89. The molecule has 2 aromatic carbocycles. The number of rotatable bonds is 4. The first kappa shape index (κ1) is 20.4. The highest BCUT2D eigenvalue weighted by atomic mass is 32.2. The van der Waals surface area contributed by atoms with Crippen molar-refractivity contribution in [1.82, 2.24) is 18.8 Å². The van der Waals surface area contributed by atoms with E-state index in [9.17, 15) is 8.42 Å². The Labute approximate surface area is 184 Å². The average Bonchev–Trinajstić information content (AvgIpc) is 3.26. The van der Waals surface area contributed by atoms with Gasteiger partial charge in [0.1, 0.15) is 5.82 Å². The number of imidazole rings is 1. The Kier molecular flexibility index (Phi) is 5.20. The third kappa shape index (κ3) is 3.32. The number of fused-ring (bicyclic) bond motifs is 2. The van der Waals surface area contributed by atoms with Crippen molar-refractivity contribution in [3.05, 3.63) is 72.7 Å². The molecule has 2 aliphatic rings. The summed E-state index contributed by atoms with van der Waals surface area (Å²) in [5.41, 5.74) is 2.10. The van der Waals surface area contributed by atoms with Crippen molar-refractivity contribution in [2.75, 3.05) is 26.2 Å². The van der Waals surface area contributed by atoms with Crippen LogP contribution in [0.1, 0.15) is 25.6 Å². The van der Waals surface area contributed by atoms with Crippen LogP contribution >= 0.6 is 0 Å². The van der Waals surface area contributed by atoms with Gasteiger partial charge >= 0.3 is 0 Å². The minimum atomic E-state index is -3.47. The largest absolute Gasteiger partial charge is 0.325 e. The third-order valence-electron chi connectivity index (χ3n) is 6.85. The summed E-state index contributed by atoms with van der Waals surface area (Å²) in [4.78, 5) is 7.77. The predicted octanol–water partition coefficient (Wildman–Crippen LogP) is 3.57. The second-order valence-electron chi connectivity index (χ2n) is 8.31. The molecule has 1 aromatic heterocycles. The van der Waals surface area contributed by atoms with Crippen LogP contribution in [0.25, 0.3) is 11.3 Å². The first-order valence-electron chi connectivity index (χ1n) is 11.0. The number of likely N-dealkylation sites (N-methyl/N-ethyl adjacent to an activating group) is 1. The molecule has 2 aliphatic heterocycles. The van der Waals surface area contributed by atoms with Gasteiger partial charge in [0.15, 0.2) is 0 Å². The molecule has 0 saturated carbocycles. The fourth-order valence-corrected chi connectivity index (χ4v) is 6.69. The van der Waals surface area contributed by atoms with E-state index in [2.05, 4.69) is 40.7 Å². The lowest BCUT2D eigenvalue weighted by Crippen LogP contribution is -2.58. The number of hydrogen-bond donors (Lipinski definition) is 0. The molecular formula is C24H28N4O2S. The Bertz CT molecular complexity index is 1150. The molecule has 1 saturated heterocycles. The number of nitrogens with zero attached hydrogens (tertiary/aromatic N) is 4. The van der Waals surface area contributed by atoms with Gasteiger partial charge in [-0.2, -0.15) is 4.31 Å². The van der Waals surface area contributed by atoms with E-state index >= 15 is 0 Å². The van der Waals surface area contributed by atoms with Crippen molar-refractivity contribution < 1.29 is 8.42 Å². The molecule has 0 amide bonds. The van der Waals surface area contributed by atoms with E-state index in [0.717, 1.165) is 44.0 Å². The van der Waals surface area contributed by atoms with Gasteiger partial charge in [0, 0.05) is 26.2 Å². The summed E-state index contributed by atoms with van der Waals surface area (Å²) in [6, 6.07) is 19.1. The molecule has 0 radical (unpaired) electrons. The van der Waals surface area contributed by atoms with E-state index in [1.807, 2.05) is 18.3 Å². The van der Waals surface area contributed by atoms with Crippen molar-refractivity contribution in [3.8, 4) is 11.3 Å². The van der Waals surface area contributed by atoms with Crippen molar-refractivity contribution in [2.24, 2.45) is 0 Å². The smallest absolute Gasteiger partial charge is 0.243 e. The van der Waals surface area contributed by atoms with Crippen LogP contribution < -0.4 is 0 Å². The van der Waals surface area contributed by atoms with Gasteiger partial charge in [0.2, 0.25) is 10.0 Å². The molecule has 3 aromatic rings. The average molecular weight is 437 g/mol. The van der Waals surface area contributed by atoms with Crippen molar-refractivity contribution in [1.29, 1.82) is 0 Å². The number of sulfonamides is 1. The van der Waals surface area contributed by atoms with E-state index < -0.39 is 10.0 Å². The molecule has 31 heavy (non-hydrogen) atoms. The molecule has 1 spiro atoms. The molecule has 0 aliphatic carbocycles. The lowest BCUT2D eigenvalue weighted by Gasteiger charge is -2.50. The molecule has 0 atom stereocenters. The van der Waals surface area contributed by atoms with Crippen molar-refractivity contribution >= 4 is 10.0 Å². The van der Waals surface area contributed by atoms with E-state index in [4.69, 9.17) is 4.98 Å². The van der Waals surface area contributed by atoms with Crippen LogP contribution in [-0.2, 0) is 22.1 Å².